The van der Waals surface area contributed by atoms with E-state index in [1.165, 1.54) is 0 Å². The fourth-order valence-corrected chi connectivity index (χ4v) is 3.41. The van der Waals surface area contributed by atoms with Crippen molar-refractivity contribution >= 4 is 39.9 Å². The first-order valence-corrected chi connectivity index (χ1v) is 9.28. The van der Waals surface area contributed by atoms with Crippen molar-refractivity contribution in [2.75, 3.05) is 5.32 Å². The van der Waals surface area contributed by atoms with E-state index >= 15 is 0 Å². The number of pyridine rings is 2. The number of rotatable bonds is 7. The van der Waals surface area contributed by atoms with Crippen LogP contribution < -0.4 is 16.8 Å². The number of primary amides is 2. The van der Waals surface area contributed by atoms with E-state index in [-0.39, 0.29) is 12.8 Å². The van der Waals surface area contributed by atoms with Crippen molar-refractivity contribution in [1.29, 1.82) is 0 Å². The molecule has 1 unspecified atom stereocenters. The second-order valence-corrected chi connectivity index (χ2v) is 6.91. The third kappa shape index (κ3) is 3.30. The van der Waals surface area contributed by atoms with Crippen LogP contribution in [0.1, 0.15) is 25.3 Å². The van der Waals surface area contributed by atoms with Gasteiger partial charge in [0, 0.05) is 42.8 Å². The van der Waals surface area contributed by atoms with Gasteiger partial charge in [0.25, 0.3) is 5.91 Å². The first-order chi connectivity index (χ1) is 14.4. The maximum absolute atomic E-state index is 12.0. The summed E-state index contributed by atoms with van der Waals surface area (Å²) in [5, 5.41) is 12.5. The van der Waals surface area contributed by atoms with E-state index in [2.05, 4.69) is 25.5 Å². The summed E-state index contributed by atoms with van der Waals surface area (Å²) in [7, 11) is 0. The van der Waals surface area contributed by atoms with E-state index in [0.717, 1.165) is 11.1 Å². The minimum Gasteiger partial charge on any atom is -0.378 e. The zero-order valence-corrected chi connectivity index (χ0v) is 16.2. The van der Waals surface area contributed by atoms with Gasteiger partial charge >= 0.3 is 0 Å². The first-order valence-electron chi connectivity index (χ1n) is 9.28. The Hall–Kier alpha value is -4.02. The van der Waals surface area contributed by atoms with Crippen LogP contribution in [0.15, 0.2) is 42.1 Å². The molecule has 4 rings (SSSR count). The number of carbonyl (C=O) groups is 2. The average molecular weight is 408 g/mol. The summed E-state index contributed by atoms with van der Waals surface area (Å²) in [6.45, 7) is 2.62. The predicted molar refractivity (Wildman–Crippen MR) is 109 cm³/mol. The Labute approximate surface area is 171 Å². The Morgan fingerprint density at radius 2 is 2.03 bits per heavy atom. The number of hydrogen-bond acceptors (Lipinski definition) is 8. The third-order valence-corrected chi connectivity index (χ3v) is 4.92. The molecule has 4 heterocycles. The predicted octanol–water partition coefficient (Wildman–Crippen LogP) is 0.814. The number of nitrogens with one attached hydrogen (secondary N) is 1. The maximum atomic E-state index is 12.0. The van der Waals surface area contributed by atoms with Crippen molar-refractivity contribution < 1.29 is 14.4 Å². The van der Waals surface area contributed by atoms with Gasteiger partial charge in [-0.2, -0.15) is 5.10 Å². The highest BCUT2D eigenvalue weighted by Crippen LogP contribution is 2.35. The van der Waals surface area contributed by atoms with E-state index in [1.807, 2.05) is 19.1 Å². The number of aromatic nitrogens is 4. The zero-order valence-electron chi connectivity index (χ0n) is 16.2. The molecule has 1 aliphatic heterocycles. The largest absolute Gasteiger partial charge is 0.378 e. The molecule has 30 heavy (non-hydrogen) atoms. The lowest BCUT2D eigenvalue weighted by Gasteiger charge is -2.21. The number of nitrogens with zero attached hydrogens (tertiary/aromatic N) is 5. The molecule has 1 atom stereocenters. The molecule has 0 radical (unpaired) electrons. The molecule has 2 amide bonds. The maximum Gasteiger partial charge on any atom is 0.265 e. The normalized spacial score (nSPS) is 18.1. The average Bonchev–Trinajstić information content (AvgIpc) is 3.33. The molecule has 0 saturated carbocycles. The zero-order chi connectivity index (χ0) is 21.3. The number of fused-ring (bicyclic) bond motifs is 1. The number of anilines is 2. The number of carbonyl (C=O) groups excluding carboxylic acids is 2. The van der Waals surface area contributed by atoms with Gasteiger partial charge in [-0.05, 0) is 19.1 Å². The topological polar surface area (TPSA) is 163 Å². The van der Waals surface area contributed by atoms with Crippen molar-refractivity contribution in [2.24, 2.45) is 16.6 Å². The Bertz CT molecular complexity index is 1160. The quantitative estimate of drug-likeness (QED) is 0.521. The molecule has 11 heteroatoms. The van der Waals surface area contributed by atoms with Gasteiger partial charge in [-0.15, -0.1) is 0 Å². The van der Waals surface area contributed by atoms with Gasteiger partial charge in [-0.25, -0.2) is 9.67 Å². The summed E-state index contributed by atoms with van der Waals surface area (Å²) < 4.78 is 1.77. The second-order valence-electron chi connectivity index (χ2n) is 6.91. The molecule has 1 aliphatic rings. The fraction of sp³-hybridized carbons (Fsp3) is 0.263. The Morgan fingerprint density at radius 3 is 2.70 bits per heavy atom. The fourth-order valence-electron chi connectivity index (χ4n) is 3.41. The summed E-state index contributed by atoms with van der Waals surface area (Å²) in [4.78, 5) is 37.4. The monoisotopic (exact) mass is 408 g/mol. The van der Waals surface area contributed by atoms with Gasteiger partial charge in [0.15, 0.2) is 5.65 Å². The van der Waals surface area contributed by atoms with E-state index in [0.29, 0.717) is 29.2 Å². The van der Waals surface area contributed by atoms with Gasteiger partial charge in [0.1, 0.15) is 0 Å². The van der Waals surface area contributed by atoms with Gasteiger partial charge in [0.2, 0.25) is 11.5 Å². The van der Waals surface area contributed by atoms with Gasteiger partial charge in [-0.1, -0.05) is 5.16 Å². The van der Waals surface area contributed by atoms with Crippen LogP contribution in [-0.4, -0.2) is 42.9 Å². The number of amides is 2. The molecule has 3 aromatic rings. The summed E-state index contributed by atoms with van der Waals surface area (Å²) in [6.07, 6.45) is 6.29. The number of hydrogen-bond donors (Lipinski definition) is 3. The van der Waals surface area contributed by atoms with Crippen LogP contribution in [0.5, 0.6) is 0 Å². The summed E-state index contributed by atoms with van der Waals surface area (Å²) >= 11 is 0. The molecule has 5 N–H and O–H groups in total. The molecule has 0 aliphatic carbocycles. The van der Waals surface area contributed by atoms with E-state index in [9.17, 15) is 9.59 Å². The summed E-state index contributed by atoms with van der Waals surface area (Å²) in [5.74, 6) is -1.52. The van der Waals surface area contributed by atoms with Crippen LogP contribution in [0, 0.1) is 0 Å². The van der Waals surface area contributed by atoms with Crippen LogP contribution in [0.3, 0.4) is 0 Å². The van der Waals surface area contributed by atoms with Crippen LogP contribution in [0.25, 0.3) is 11.0 Å². The van der Waals surface area contributed by atoms with E-state index in [4.69, 9.17) is 16.3 Å². The molecule has 0 spiro atoms. The molecule has 0 fully saturated rings. The SMILES string of the molecule is CCn1ncc2c(Nc3ccncc3)c(C3=NOC(CC(N)=O)(C(N)=O)C3)cnc21. The highest BCUT2D eigenvalue weighted by Gasteiger charge is 2.47. The Balaban J connectivity index is 1.80. The highest BCUT2D eigenvalue weighted by molar-refractivity contribution is 6.13. The van der Waals surface area contributed by atoms with E-state index < -0.39 is 17.4 Å². The Morgan fingerprint density at radius 1 is 1.27 bits per heavy atom. The molecule has 0 aromatic carbocycles. The van der Waals surface area contributed by atoms with Crippen molar-refractivity contribution in [1.82, 2.24) is 19.7 Å². The van der Waals surface area contributed by atoms with Crippen LogP contribution in [0.2, 0.25) is 0 Å². The molecular formula is C19H20N8O3. The smallest absolute Gasteiger partial charge is 0.265 e. The van der Waals surface area contributed by atoms with Crippen molar-refractivity contribution in [3.8, 4) is 0 Å². The minimum absolute atomic E-state index is 0.00853. The molecule has 154 valence electrons. The van der Waals surface area contributed by atoms with E-state index in [1.54, 1.807) is 29.5 Å². The number of aryl methyl sites for hydroxylation is 1. The Kier molecular flexibility index (Phi) is 4.78. The van der Waals surface area contributed by atoms with Gasteiger partial charge in [-0.3, -0.25) is 14.6 Å². The lowest BCUT2D eigenvalue weighted by atomic mass is 9.90. The first kappa shape index (κ1) is 19.3. The van der Waals surface area contributed by atoms with Crippen LogP contribution in [-0.2, 0) is 21.0 Å². The molecule has 3 aromatic heterocycles. The molecule has 0 saturated heterocycles. The standard InChI is InChI=1S/C19H20N8O3/c1-2-27-17-13(10-24-27)16(25-11-3-5-22-6-4-11)12(9-23-17)14-7-19(18(21)29,30-26-14)8-15(20)28/h3-6,9-10H,2,7-8H2,1H3,(H2,20,28)(H2,21,29)(H,22,23,25). The summed E-state index contributed by atoms with van der Waals surface area (Å²) in [5.41, 5.74) is 12.4. The number of nitrogens with two attached hydrogens (primary N) is 2. The lowest BCUT2D eigenvalue weighted by molar-refractivity contribution is -0.145. The molecule has 11 nitrogen and oxygen atoms in total. The summed E-state index contributed by atoms with van der Waals surface area (Å²) in [6, 6.07) is 3.63. The lowest BCUT2D eigenvalue weighted by Crippen LogP contribution is -2.47. The highest BCUT2D eigenvalue weighted by atomic mass is 16.7. The van der Waals surface area contributed by atoms with Gasteiger partial charge < -0.3 is 21.6 Å². The van der Waals surface area contributed by atoms with Crippen molar-refractivity contribution in [3.05, 3.63) is 42.5 Å². The van der Waals surface area contributed by atoms with Crippen molar-refractivity contribution in [3.63, 3.8) is 0 Å². The number of oxime groups is 1. The molecule has 0 bridgehead atoms. The van der Waals surface area contributed by atoms with Gasteiger partial charge in [0.05, 0.1) is 29.4 Å². The third-order valence-electron chi connectivity index (χ3n) is 4.92. The van der Waals surface area contributed by atoms with Crippen molar-refractivity contribution in [2.45, 2.75) is 31.9 Å². The van der Waals surface area contributed by atoms with Crippen LogP contribution in [0.4, 0.5) is 11.4 Å². The minimum atomic E-state index is -1.61. The molecular weight excluding hydrogens is 388 g/mol. The van der Waals surface area contributed by atoms with Crippen LogP contribution >= 0.6 is 0 Å². The second kappa shape index (κ2) is 7.43.